The summed E-state index contributed by atoms with van der Waals surface area (Å²) in [6.07, 6.45) is -1.02. The van der Waals surface area contributed by atoms with Crippen LogP contribution in [-0.2, 0) is 16.1 Å². The van der Waals surface area contributed by atoms with Crippen molar-refractivity contribution in [3.05, 3.63) is 65.2 Å². The second kappa shape index (κ2) is 8.53. The van der Waals surface area contributed by atoms with Crippen molar-refractivity contribution in [2.75, 3.05) is 19.7 Å². The van der Waals surface area contributed by atoms with Gasteiger partial charge in [-0.3, -0.25) is 9.59 Å². The molecule has 2 aromatic rings. The maximum Gasteiger partial charge on any atom is 0.334 e. The molecule has 146 valence electrons. The molecule has 0 saturated carbocycles. The van der Waals surface area contributed by atoms with Crippen LogP contribution in [0.15, 0.2) is 48.5 Å². The highest BCUT2D eigenvalue weighted by Gasteiger charge is 2.29. The monoisotopic (exact) mass is 384 g/mol. The van der Waals surface area contributed by atoms with Crippen molar-refractivity contribution in [3.8, 4) is 5.75 Å². The molecule has 0 aromatic heterocycles. The fraction of sp³-hybridized carbons (Fsp3) is 0.250. The van der Waals surface area contributed by atoms with Crippen LogP contribution in [0.5, 0.6) is 5.75 Å². The number of hydrogen-bond donors (Lipinski definition) is 2. The lowest BCUT2D eigenvalue weighted by atomic mass is 10.1. The highest BCUT2D eigenvalue weighted by Crippen LogP contribution is 2.19. The summed E-state index contributed by atoms with van der Waals surface area (Å²) in [4.78, 5) is 36.7. The Labute approximate surface area is 161 Å². The number of carbonyl (C=O) groups is 3. The average molecular weight is 384 g/mol. The van der Waals surface area contributed by atoms with Gasteiger partial charge in [0.1, 0.15) is 12.4 Å². The average Bonchev–Trinajstić information content (AvgIpc) is 2.72. The van der Waals surface area contributed by atoms with E-state index >= 15 is 0 Å². The summed E-state index contributed by atoms with van der Waals surface area (Å²) in [5.74, 6) is -1.58. The molecule has 28 heavy (non-hydrogen) atoms. The van der Waals surface area contributed by atoms with Gasteiger partial charge in [-0.1, -0.05) is 24.3 Å². The topological polar surface area (TPSA) is 119 Å². The summed E-state index contributed by atoms with van der Waals surface area (Å²) in [7, 11) is 0. The van der Waals surface area contributed by atoms with Crippen LogP contribution in [0.25, 0.3) is 0 Å². The molecule has 3 N–H and O–H groups in total. The first-order valence-corrected chi connectivity index (χ1v) is 8.70. The van der Waals surface area contributed by atoms with E-state index in [0.29, 0.717) is 17.9 Å². The third kappa shape index (κ3) is 4.47. The zero-order valence-corrected chi connectivity index (χ0v) is 15.0. The van der Waals surface area contributed by atoms with E-state index in [1.54, 1.807) is 48.5 Å². The zero-order chi connectivity index (χ0) is 20.1. The number of carboxylic acid groups (broad SMARTS) is 1. The Morgan fingerprint density at radius 2 is 1.96 bits per heavy atom. The van der Waals surface area contributed by atoms with Gasteiger partial charge in [0.2, 0.25) is 0 Å². The van der Waals surface area contributed by atoms with Crippen LogP contribution < -0.4 is 10.5 Å². The molecule has 8 heteroatoms. The van der Waals surface area contributed by atoms with Gasteiger partial charge in [-0.25, -0.2) is 4.79 Å². The Bertz CT molecular complexity index is 898. The third-order valence-electron chi connectivity index (χ3n) is 4.35. The van der Waals surface area contributed by atoms with E-state index in [9.17, 15) is 14.4 Å². The van der Waals surface area contributed by atoms with Crippen molar-refractivity contribution < 1.29 is 29.0 Å². The maximum atomic E-state index is 12.7. The minimum atomic E-state index is -1.09. The van der Waals surface area contributed by atoms with Crippen molar-refractivity contribution >= 4 is 17.8 Å². The van der Waals surface area contributed by atoms with Crippen LogP contribution in [0.1, 0.15) is 26.3 Å². The number of para-hydroxylation sites is 1. The van der Waals surface area contributed by atoms with Gasteiger partial charge in [0.15, 0.2) is 6.10 Å². The van der Waals surface area contributed by atoms with Crippen LogP contribution in [0.4, 0.5) is 0 Å². The molecule has 1 atom stereocenters. The zero-order valence-electron chi connectivity index (χ0n) is 15.0. The van der Waals surface area contributed by atoms with E-state index in [2.05, 4.69) is 0 Å². The Morgan fingerprint density at radius 1 is 1.18 bits per heavy atom. The number of nitrogens with zero attached hydrogens (tertiary/aromatic N) is 1. The van der Waals surface area contributed by atoms with Gasteiger partial charge >= 0.3 is 5.97 Å². The minimum absolute atomic E-state index is 0.000874. The number of hydrogen-bond acceptors (Lipinski definition) is 5. The predicted octanol–water partition coefficient (Wildman–Crippen LogP) is 1.29. The number of ether oxygens (including phenoxy) is 2. The van der Waals surface area contributed by atoms with Gasteiger partial charge in [0, 0.05) is 12.1 Å². The van der Waals surface area contributed by atoms with Crippen molar-refractivity contribution in [3.63, 3.8) is 0 Å². The van der Waals surface area contributed by atoms with Crippen LogP contribution in [0.2, 0.25) is 0 Å². The number of amides is 2. The number of nitrogens with two attached hydrogens (primary N) is 1. The lowest BCUT2D eigenvalue weighted by Gasteiger charge is -2.31. The van der Waals surface area contributed by atoms with Crippen molar-refractivity contribution in [1.29, 1.82) is 0 Å². The van der Waals surface area contributed by atoms with Crippen molar-refractivity contribution in [1.82, 2.24) is 4.90 Å². The van der Waals surface area contributed by atoms with E-state index in [1.165, 1.54) is 4.90 Å². The number of carbonyl (C=O) groups excluding carboxylic acids is 2. The van der Waals surface area contributed by atoms with E-state index in [4.69, 9.17) is 20.3 Å². The first kappa shape index (κ1) is 19.4. The molecular weight excluding hydrogens is 364 g/mol. The predicted molar refractivity (Wildman–Crippen MR) is 99.0 cm³/mol. The Balaban J connectivity index is 1.70. The summed E-state index contributed by atoms with van der Waals surface area (Å²) in [6.45, 7) is 0.651. The molecule has 8 nitrogen and oxygen atoms in total. The lowest BCUT2D eigenvalue weighted by Crippen LogP contribution is -2.48. The first-order chi connectivity index (χ1) is 13.5. The third-order valence-corrected chi connectivity index (χ3v) is 4.35. The number of carboxylic acids is 1. The van der Waals surface area contributed by atoms with Crippen LogP contribution in [0, 0.1) is 0 Å². The molecule has 3 rings (SSSR count). The van der Waals surface area contributed by atoms with Gasteiger partial charge in [-0.15, -0.1) is 0 Å². The smallest absolute Gasteiger partial charge is 0.334 e. The van der Waals surface area contributed by atoms with Crippen molar-refractivity contribution in [2.24, 2.45) is 5.73 Å². The summed E-state index contributed by atoms with van der Waals surface area (Å²) in [5, 5.41) is 9.08. The van der Waals surface area contributed by atoms with Crippen LogP contribution in [0.3, 0.4) is 0 Å². The molecule has 0 spiro atoms. The number of morpholine rings is 1. The van der Waals surface area contributed by atoms with Gasteiger partial charge in [0.05, 0.1) is 18.7 Å². The summed E-state index contributed by atoms with van der Waals surface area (Å²) in [6, 6.07) is 13.5. The summed E-state index contributed by atoms with van der Waals surface area (Å²) < 4.78 is 10.8. The lowest BCUT2D eigenvalue weighted by molar-refractivity contribution is -0.154. The highest BCUT2D eigenvalue weighted by atomic mass is 16.5. The maximum absolute atomic E-state index is 12.7. The quantitative estimate of drug-likeness (QED) is 0.775. The number of benzene rings is 2. The molecule has 0 aliphatic carbocycles. The highest BCUT2D eigenvalue weighted by molar-refractivity contribution is 5.96. The van der Waals surface area contributed by atoms with Crippen LogP contribution >= 0.6 is 0 Å². The molecule has 0 radical (unpaired) electrons. The summed E-state index contributed by atoms with van der Waals surface area (Å²) in [5.41, 5.74) is 6.78. The van der Waals surface area contributed by atoms with Gasteiger partial charge in [0.25, 0.3) is 11.8 Å². The Hall–Kier alpha value is -3.39. The fourth-order valence-corrected chi connectivity index (χ4v) is 2.92. The molecule has 2 amide bonds. The molecule has 1 aliphatic rings. The largest absolute Gasteiger partial charge is 0.488 e. The van der Waals surface area contributed by atoms with E-state index in [1.807, 2.05) is 0 Å². The normalized spacial score (nSPS) is 16.4. The number of aliphatic carboxylic acids is 1. The number of primary amides is 1. The molecule has 1 aliphatic heterocycles. The van der Waals surface area contributed by atoms with Gasteiger partial charge in [-0.2, -0.15) is 0 Å². The molecule has 1 heterocycles. The Morgan fingerprint density at radius 3 is 2.71 bits per heavy atom. The molecule has 1 fully saturated rings. The number of rotatable bonds is 6. The summed E-state index contributed by atoms with van der Waals surface area (Å²) >= 11 is 0. The van der Waals surface area contributed by atoms with Gasteiger partial charge < -0.3 is 25.2 Å². The second-order valence-electron chi connectivity index (χ2n) is 6.30. The SMILES string of the molecule is NC(=O)c1ccccc1OCc1cccc(C(=O)N2CCOC(C(=O)O)C2)c1. The van der Waals surface area contributed by atoms with E-state index in [0.717, 1.165) is 5.56 Å². The standard InChI is InChI=1S/C20H20N2O6/c21-18(23)15-6-1-2-7-16(15)28-12-13-4-3-5-14(10-13)19(24)22-8-9-27-17(11-22)20(25)26/h1-7,10,17H,8-9,11-12H2,(H2,21,23)(H,25,26). The molecule has 1 unspecified atom stereocenters. The fourth-order valence-electron chi connectivity index (χ4n) is 2.92. The molecular formula is C20H20N2O6. The van der Waals surface area contributed by atoms with E-state index < -0.39 is 18.0 Å². The van der Waals surface area contributed by atoms with Crippen LogP contribution in [-0.4, -0.2) is 53.6 Å². The van der Waals surface area contributed by atoms with Gasteiger partial charge in [-0.05, 0) is 29.8 Å². The first-order valence-electron chi connectivity index (χ1n) is 8.70. The molecule has 0 bridgehead atoms. The van der Waals surface area contributed by atoms with Crippen molar-refractivity contribution in [2.45, 2.75) is 12.7 Å². The van der Waals surface area contributed by atoms with E-state index in [-0.39, 0.29) is 31.2 Å². The second-order valence-corrected chi connectivity index (χ2v) is 6.30. The minimum Gasteiger partial charge on any atom is -0.488 e. The molecule has 1 saturated heterocycles. The Kier molecular flexibility index (Phi) is 5.90. The molecule has 2 aromatic carbocycles.